The fourth-order valence-electron chi connectivity index (χ4n) is 12.7. The van der Waals surface area contributed by atoms with Crippen LogP contribution < -0.4 is 10.7 Å². The minimum absolute atomic E-state index is 0.0551. The van der Waals surface area contributed by atoms with Crippen LogP contribution in [-0.4, -0.2) is 32.4 Å². The van der Waals surface area contributed by atoms with Crippen LogP contribution in [0.4, 0.5) is 0 Å². The maximum absolute atomic E-state index is 12.9. The molecule has 2 N–H and O–H groups in total. The molecule has 0 fully saturated rings. The average molecular weight is 876 g/mol. The molecule has 67 heavy (non-hydrogen) atoms. The van der Waals surface area contributed by atoms with Crippen molar-refractivity contribution >= 4 is 33.7 Å². The molecule has 330 valence electrons. The van der Waals surface area contributed by atoms with Gasteiger partial charge < -0.3 is 9.97 Å². The number of hydrogen-bond donors (Lipinski definition) is 2. The van der Waals surface area contributed by atoms with Crippen molar-refractivity contribution in [2.75, 3.05) is 0 Å². The second-order valence-electron chi connectivity index (χ2n) is 19.5. The highest BCUT2D eigenvalue weighted by atomic mass is 16.6. The predicted octanol–water partition coefficient (Wildman–Crippen LogP) is 11.6. The Morgan fingerprint density at radius 2 is 0.851 bits per heavy atom. The number of hydrogen-bond acceptors (Lipinski definition) is 4. The van der Waals surface area contributed by atoms with Gasteiger partial charge in [0.25, 0.3) is 0 Å². The molecule has 2 aliphatic heterocycles. The summed E-state index contributed by atoms with van der Waals surface area (Å²) >= 11 is 0. The number of nitro groups is 1. The number of aromatic nitrogens is 2. The zero-order valence-corrected chi connectivity index (χ0v) is 37.9. The first-order chi connectivity index (χ1) is 33.1. The number of aromatic amines is 2. The van der Waals surface area contributed by atoms with E-state index in [0.29, 0.717) is 19.3 Å². The van der Waals surface area contributed by atoms with Crippen LogP contribution in [0.25, 0.3) is 22.3 Å². The van der Waals surface area contributed by atoms with Gasteiger partial charge in [-0.25, -0.2) is 9.98 Å². The zero-order chi connectivity index (χ0) is 44.6. The predicted molar refractivity (Wildman–Crippen MR) is 269 cm³/mol. The van der Waals surface area contributed by atoms with Crippen molar-refractivity contribution in [1.82, 2.24) is 9.97 Å². The van der Waals surface area contributed by atoms with Crippen molar-refractivity contribution in [3.63, 3.8) is 0 Å². The molecule has 7 heteroatoms. The standard InChI is InChI=1S/C60H53N5O2/c66-65(67)40-33-34-47-48(35-40)60-52(39-25-11-4-12-26-39)58-46-32-18-17-31-45(46)56(63-58)50(37-21-7-2-8-22-37)54-42-28-14-13-27-41(42)53(61-54)49(36-19-5-1-6-20-36)55-43-29-15-16-30-44(43)57(62-55)51(59(47)64-60)38-23-9-3-10-24-38/h1-12,19-26,40,61-62H,13-18,27-35H2. The van der Waals surface area contributed by atoms with E-state index >= 15 is 0 Å². The zero-order valence-electron chi connectivity index (χ0n) is 37.9. The van der Waals surface area contributed by atoms with Crippen LogP contribution in [0.1, 0.15) is 127 Å². The summed E-state index contributed by atoms with van der Waals surface area (Å²) < 4.78 is 0. The third-order valence-electron chi connectivity index (χ3n) is 15.7. The minimum atomic E-state index is -0.689. The van der Waals surface area contributed by atoms with E-state index in [-0.39, 0.29) is 4.92 Å². The summed E-state index contributed by atoms with van der Waals surface area (Å²) in [5, 5.41) is 15.3. The SMILES string of the molecule is O=[N+]([O-])C1CCC2=C(C1)C1=NC2=C(c2ccccc2)c2[nH]c(c3c2CCCC3)C(c2ccccc2)=c2[nH]c(c3c2CCCC3)=C(c2ccccc2)C2=NC(=C1c1ccccc1)C1=C2CCCC1. The summed E-state index contributed by atoms with van der Waals surface area (Å²) in [6.45, 7) is 0. The van der Waals surface area contributed by atoms with Crippen LogP contribution in [0.5, 0.6) is 0 Å². The van der Waals surface area contributed by atoms with Crippen molar-refractivity contribution in [2.45, 2.75) is 102 Å². The van der Waals surface area contributed by atoms with E-state index in [2.05, 4.69) is 131 Å². The van der Waals surface area contributed by atoms with Gasteiger partial charge in [-0.1, -0.05) is 121 Å². The molecule has 4 aromatic carbocycles. The first kappa shape index (κ1) is 40.2. The molecule has 13 rings (SSSR count). The summed E-state index contributed by atoms with van der Waals surface area (Å²) in [5.74, 6) is 0. The molecule has 0 saturated carbocycles. The highest BCUT2D eigenvalue weighted by Crippen LogP contribution is 2.50. The van der Waals surface area contributed by atoms with E-state index in [1.54, 1.807) is 0 Å². The van der Waals surface area contributed by atoms with Gasteiger partial charge in [0.2, 0.25) is 6.04 Å². The van der Waals surface area contributed by atoms with Crippen LogP contribution in [0.3, 0.4) is 0 Å². The fraction of sp³-hybridized carbons (Fsp3) is 0.267. The van der Waals surface area contributed by atoms with Gasteiger partial charge in [-0.3, -0.25) is 10.1 Å². The molecule has 1 unspecified atom stereocenters. The Balaban J connectivity index is 1.28. The third-order valence-corrected chi connectivity index (χ3v) is 15.7. The minimum Gasteiger partial charge on any atom is -0.354 e. The van der Waals surface area contributed by atoms with Crippen molar-refractivity contribution in [3.8, 4) is 0 Å². The average Bonchev–Trinajstić information content (AvgIpc) is 4.16. The van der Waals surface area contributed by atoms with Gasteiger partial charge >= 0.3 is 0 Å². The summed E-state index contributed by atoms with van der Waals surface area (Å²) in [7, 11) is 0. The lowest BCUT2D eigenvalue weighted by atomic mass is 9.80. The molecule has 1 atom stereocenters. The lowest BCUT2D eigenvalue weighted by Gasteiger charge is -2.22. The Kier molecular flexibility index (Phi) is 9.80. The molecule has 2 aromatic heterocycles. The smallest absolute Gasteiger partial charge is 0.217 e. The Morgan fingerprint density at radius 3 is 1.42 bits per heavy atom. The second-order valence-corrected chi connectivity index (χ2v) is 19.5. The van der Waals surface area contributed by atoms with E-state index in [1.807, 2.05) is 0 Å². The van der Waals surface area contributed by atoms with Gasteiger partial charge in [-0.05, 0) is 150 Å². The largest absolute Gasteiger partial charge is 0.354 e. The highest BCUT2D eigenvalue weighted by Gasteiger charge is 2.42. The van der Waals surface area contributed by atoms with E-state index in [0.717, 1.165) is 145 Å². The molecule has 6 aromatic rings. The molecule has 7 aliphatic rings. The molecule has 4 heterocycles. The van der Waals surface area contributed by atoms with Crippen molar-refractivity contribution in [3.05, 3.63) is 232 Å². The molecule has 5 aliphatic carbocycles. The van der Waals surface area contributed by atoms with Crippen molar-refractivity contribution < 1.29 is 4.92 Å². The van der Waals surface area contributed by atoms with Crippen LogP contribution in [0.2, 0.25) is 0 Å². The van der Waals surface area contributed by atoms with Crippen LogP contribution in [0, 0.1) is 10.1 Å². The first-order valence-corrected chi connectivity index (χ1v) is 24.8. The van der Waals surface area contributed by atoms with E-state index in [4.69, 9.17) is 9.98 Å². The number of H-pyrrole nitrogens is 2. The molecular weight excluding hydrogens is 823 g/mol. The summed E-state index contributed by atoms with van der Waals surface area (Å²) in [4.78, 5) is 33.3. The van der Waals surface area contributed by atoms with Crippen LogP contribution >= 0.6 is 0 Å². The quantitative estimate of drug-likeness (QED) is 0.133. The lowest BCUT2D eigenvalue weighted by molar-refractivity contribution is -0.523. The topological polar surface area (TPSA) is 99.4 Å². The fourth-order valence-corrected chi connectivity index (χ4v) is 12.7. The maximum Gasteiger partial charge on any atom is 0.217 e. The number of nitrogens with zero attached hydrogens (tertiary/aromatic N) is 3. The summed E-state index contributed by atoms with van der Waals surface area (Å²) in [6, 6.07) is 42.8. The lowest BCUT2D eigenvalue weighted by Crippen LogP contribution is -2.26. The Bertz CT molecular complexity index is 3380. The Hall–Kier alpha value is -7.12. The highest BCUT2D eigenvalue weighted by molar-refractivity contribution is 6.38. The van der Waals surface area contributed by atoms with Gasteiger partial charge in [-0.15, -0.1) is 0 Å². The monoisotopic (exact) mass is 875 g/mol. The van der Waals surface area contributed by atoms with Gasteiger partial charge in [0.1, 0.15) is 0 Å². The van der Waals surface area contributed by atoms with E-state index < -0.39 is 6.04 Å². The van der Waals surface area contributed by atoms with Crippen molar-refractivity contribution in [2.24, 2.45) is 9.98 Å². The van der Waals surface area contributed by atoms with Crippen LogP contribution in [0.15, 0.2) is 165 Å². The second kappa shape index (κ2) is 16.3. The maximum atomic E-state index is 12.9. The van der Waals surface area contributed by atoms with Gasteiger partial charge in [0.05, 0.1) is 44.9 Å². The molecule has 0 amide bonds. The van der Waals surface area contributed by atoms with Gasteiger partial charge in [0.15, 0.2) is 0 Å². The molecule has 7 nitrogen and oxygen atoms in total. The number of benzene rings is 4. The van der Waals surface area contributed by atoms with E-state index in [9.17, 15) is 10.1 Å². The normalized spacial score (nSPS) is 20.1. The molecule has 0 spiro atoms. The molecule has 0 saturated heterocycles. The molecular formula is C60H53N5O2. The number of allylic oxidation sites excluding steroid dienone is 4. The summed E-state index contributed by atoms with van der Waals surface area (Å²) in [6.07, 6.45) is 13.9. The Labute approximate surface area is 391 Å². The Morgan fingerprint density at radius 1 is 0.433 bits per heavy atom. The van der Waals surface area contributed by atoms with Crippen LogP contribution in [-0.2, 0) is 25.7 Å². The number of rotatable bonds is 5. The van der Waals surface area contributed by atoms with Gasteiger partial charge in [0, 0.05) is 40.1 Å². The third kappa shape index (κ3) is 6.52. The van der Waals surface area contributed by atoms with Crippen molar-refractivity contribution in [1.29, 1.82) is 0 Å². The summed E-state index contributed by atoms with van der Waals surface area (Å²) in [5.41, 5.74) is 25.5. The molecule has 8 bridgehead atoms. The van der Waals surface area contributed by atoms with Gasteiger partial charge in [-0.2, -0.15) is 0 Å². The van der Waals surface area contributed by atoms with E-state index in [1.165, 1.54) is 66.5 Å². The number of nitrogens with one attached hydrogen (secondary N) is 2. The molecule has 0 radical (unpaired) electrons. The number of aliphatic imine (C=N–C) groups is 2. The first-order valence-electron chi connectivity index (χ1n) is 24.8.